The van der Waals surface area contributed by atoms with E-state index in [0.717, 1.165) is 22.0 Å². The number of hydrogen-bond acceptors (Lipinski definition) is 6. The smallest absolute Gasteiger partial charge is 0.185 e. The average Bonchev–Trinajstić information content (AvgIpc) is 3.24. The second-order valence-corrected chi connectivity index (χ2v) is 7.98. The lowest BCUT2D eigenvalue weighted by Crippen LogP contribution is -2.42. The molecule has 2 heterocycles. The van der Waals surface area contributed by atoms with Crippen LogP contribution in [0.3, 0.4) is 0 Å². The number of hydrogen-bond donors (Lipinski definition) is 1. The highest BCUT2D eigenvalue weighted by Crippen LogP contribution is 2.39. The van der Waals surface area contributed by atoms with E-state index in [9.17, 15) is 9.50 Å². The van der Waals surface area contributed by atoms with Gasteiger partial charge in [-0.25, -0.2) is 9.37 Å². The number of benzene rings is 2. The van der Waals surface area contributed by atoms with E-state index >= 15 is 0 Å². The van der Waals surface area contributed by atoms with Crippen LogP contribution in [0, 0.1) is 5.82 Å². The van der Waals surface area contributed by atoms with Crippen LogP contribution in [0.15, 0.2) is 47.8 Å². The molecule has 3 aromatic rings. The number of aliphatic hydroxyl groups is 1. The van der Waals surface area contributed by atoms with Gasteiger partial charge in [0.25, 0.3) is 0 Å². The number of ether oxygens (including phenoxy) is 2. The van der Waals surface area contributed by atoms with Crippen molar-refractivity contribution in [1.29, 1.82) is 0 Å². The minimum Gasteiger partial charge on any atom is -0.497 e. The Morgan fingerprint density at radius 1 is 1.03 bits per heavy atom. The van der Waals surface area contributed by atoms with Crippen LogP contribution in [-0.4, -0.2) is 37.4 Å². The van der Waals surface area contributed by atoms with Crippen molar-refractivity contribution in [3.63, 3.8) is 0 Å². The molecule has 0 atom stereocenters. The zero-order chi connectivity index (χ0) is 20.4. The molecule has 29 heavy (non-hydrogen) atoms. The largest absolute Gasteiger partial charge is 0.497 e. The molecule has 0 aliphatic carbocycles. The van der Waals surface area contributed by atoms with Gasteiger partial charge in [-0.1, -0.05) is 0 Å². The fourth-order valence-electron chi connectivity index (χ4n) is 3.60. The fraction of sp³-hybridized carbons (Fsp3) is 0.318. The third-order valence-corrected chi connectivity index (χ3v) is 6.28. The van der Waals surface area contributed by atoms with E-state index in [1.54, 1.807) is 43.8 Å². The molecule has 0 bridgehead atoms. The molecule has 0 spiro atoms. The molecule has 1 aromatic heterocycles. The van der Waals surface area contributed by atoms with Crippen LogP contribution < -0.4 is 14.4 Å². The number of rotatable bonds is 5. The third kappa shape index (κ3) is 4.06. The lowest BCUT2D eigenvalue weighted by Gasteiger charge is -2.38. The summed E-state index contributed by atoms with van der Waals surface area (Å²) in [6.45, 7) is 1.37. The zero-order valence-electron chi connectivity index (χ0n) is 16.4. The number of nitrogens with zero attached hydrogens (tertiary/aromatic N) is 2. The zero-order valence-corrected chi connectivity index (χ0v) is 17.2. The van der Waals surface area contributed by atoms with Gasteiger partial charge in [0.2, 0.25) is 0 Å². The predicted octanol–water partition coefficient (Wildman–Crippen LogP) is 4.45. The Bertz CT molecular complexity index is 960. The molecule has 2 aromatic carbocycles. The Labute approximate surface area is 173 Å². The first kappa shape index (κ1) is 19.7. The van der Waals surface area contributed by atoms with Crippen molar-refractivity contribution in [2.75, 3.05) is 32.2 Å². The van der Waals surface area contributed by atoms with Gasteiger partial charge in [0.15, 0.2) is 5.13 Å². The molecular weight excluding hydrogens is 391 g/mol. The van der Waals surface area contributed by atoms with Crippen LogP contribution in [0.1, 0.15) is 18.4 Å². The van der Waals surface area contributed by atoms with Crippen molar-refractivity contribution in [3.8, 4) is 22.8 Å². The summed E-state index contributed by atoms with van der Waals surface area (Å²) >= 11 is 1.56. The van der Waals surface area contributed by atoms with E-state index in [-0.39, 0.29) is 5.82 Å². The third-order valence-electron chi connectivity index (χ3n) is 5.38. The monoisotopic (exact) mass is 414 g/mol. The summed E-state index contributed by atoms with van der Waals surface area (Å²) in [5, 5.41) is 14.2. The summed E-state index contributed by atoms with van der Waals surface area (Å²) < 4.78 is 23.8. The second-order valence-electron chi connectivity index (χ2n) is 7.14. The van der Waals surface area contributed by atoms with E-state index in [4.69, 9.17) is 14.5 Å². The van der Waals surface area contributed by atoms with Gasteiger partial charge in [0.05, 0.1) is 25.5 Å². The normalized spacial score (nSPS) is 15.9. The highest BCUT2D eigenvalue weighted by atomic mass is 32.1. The molecule has 0 saturated carbocycles. The van der Waals surface area contributed by atoms with Crippen molar-refractivity contribution in [2.24, 2.45) is 0 Å². The molecule has 152 valence electrons. The summed E-state index contributed by atoms with van der Waals surface area (Å²) in [6, 6.07) is 11.9. The maximum atomic E-state index is 13.1. The van der Waals surface area contributed by atoms with Crippen molar-refractivity contribution >= 4 is 16.5 Å². The number of methoxy groups -OCH3 is 2. The van der Waals surface area contributed by atoms with Crippen LogP contribution in [0.5, 0.6) is 11.5 Å². The number of piperidine rings is 1. The summed E-state index contributed by atoms with van der Waals surface area (Å²) in [5.74, 6) is 1.08. The highest BCUT2D eigenvalue weighted by Gasteiger charge is 2.35. The lowest BCUT2D eigenvalue weighted by atomic mass is 9.84. The van der Waals surface area contributed by atoms with Gasteiger partial charge < -0.3 is 19.5 Å². The van der Waals surface area contributed by atoms with Gasteiger partial charge in [-0.15, -0.1) is 11.3 Å². The molecule has 7 heteroatoms. The minimum atomic E-state index is -0.935. The maximum absolute atomic E-state index is 13.1. The quantitative estimate of drug-likeness (QED) is 0.668. The first-order valence-corrected chi connectivity index (χ1v) is 10.3. The SMILES string of the molecule is COc1cc(OC)cc(C2(O)CCN(c3nc(-c4ccc(F)cc4)cs3)CC2)c1. The topological polar surface area (TPSA) is 54.8 Å². The lowest BCUT2D eigenvalue weighted by molar-refractivity contribution is 0.0114. The number of halogens is 1. The van der Waals surface area contributed by atoms with Crippen LogP contribution in [0.25, 0.3) is 11.3 Å². The molecule has 0 amide bonds. The molecule has 1 fully saturated rings. The van der Waals surface area contributed by atoms with Gasteiger partial charge in [-0.05, 0) is 54.8 Å². The summed E-state index contributed by atoms with van der Waals surface area (Å²) in [7, 11) is 3.21. The van der Waals surface area contributed by atoms with Gasteiger partial charge in [-0.3, -0.25) is 0 Å². The number of aromatic nitrogens is 1. The summed E-state index contributed by atoms with van der Waals surface area (Å²) in [5.41, 5.74) is 1.60. The van der Waals surface area contributed by atoms with E-state index in [0.29, 0.717) is 37.4 Å². The first-order chi connectivity index (χ1) is 14.0. The first-order valence-electron chi connectivity index (χ1n) is 9.43. The van der Waals surface area contributed by atoms with Gasteiger partial charge in [-0.2, -0.15) is 0 Å². The van der Waals surface area contributed by atoms with E-state index in [1.807, 2.05) is 17.5 Å². The van der Waals surface area contributed by atoms with E-state index < -0.39 is 5.60 Å². The van der Waals surface area contributed by atoms with Crippen LogP contribution in [0.2, 0.25) is 0 Å². The molecule has 1 N–H and O–H groups in total. The molecule has 1 aliphatic rings. The van der Waals surface area contributed by atoms with Crippen LogP contribution >= 0.6 is 11.3 Å². The van der Waals surface area contributed by atoms with Gasteiger partial charge in [0, 0.05) is 30.1 Å². The van der Waals surface area contributed by atoms with Crippen molar-refractivity contribution in [3.05, 3.63) is 59.2 Å². The van der Waals surface area contributed by atoms with Crippen molar-refractivity contribution in [1.82, 2.24) is 4.98 Å². The average molecular weight is 415 g/mol. The predicted molar refractivity (Wildman–Crippen MR) is 112 cm³/mol. The van der Waals surface area contributed by atoms with E-state index in [1.165, 1.54) is 12.1 Å². The molecule has 4 rings (SSSR count). The second kappa shape index (κ2) is 8.00. The Hall–Kier alpha value is -2.64. The van der Waals surface area contributed by atoms with E-state index in [2.05, 4.69) is 4.90 Å². The van der Waals surface area contributed by atoms with Crippen LogP contribution in [-0.2, 0) is 5.60 Å². The van der Waals surface area contributed by atoms with Gasteiger partial charge in [0.1, 0.15) is 17.3 Å². The summed E-state index contributed by atoms with van der Waals surface area (Å²) in [6.07, 6.45) is 1.16. The molecule has 5 nitrogen and oxygen atoms in total. The number of thiazole rings is 1. The molecule has 0 radical (unpaired) electrons. The molecule has 0 unspecified atom stereocenters. The Morgan fingerprint density at radius 3 is 2.24 bits per heavy atom. The molecule has 1 aliphatic heterocycles. The fourth-order valence-corrected chi connectivity index (χ4v) is 4.48. The van der Waals surface area contributed by atoms with Crippen molar-refractivity contribution < 1.29 is 19.0 Å². The highest BCUT2D eigenvalue weighted by molar-refractivity contribution is 7.14. The Balaban J connectivity index is 1.49. The van der Waals surface area contributed by atoms with Gasteiger partial charge >= 0.3 is 0 Å². The summed E-state index contributed by atoms with van der Waals surface area (Å²) in [4.78, 5) is 6.89. The maximum Gasteiger partial charge on any atom is 0.185 e. The van der Waals surface area contributed by atoms with Crippen molar-refractivity contribution in [2.45, 2.75) is 18.4 Å². The standard InChI is InChI=1S/C22H23FN2O3S/c1-27-18-11-16(12-19(13-18)28-2)22(26)7-9-25(10-8-22)21-24-20(14-29-21)15-3-5-17(23)6-4-15/h3-6,11-14,26H,7-10H2,1-2H3. The molecular formula is C22H23FN2O3S. The van der Waals surface area contributed by atoms with Crippen LogP contribution in [0.4, 0.5) is 9.52 Å². The molecule has 1 saturated heterocycles. The Kier molecular flexibility index (Phi) is 5.43. The Morgan fingerprint density at radius 2 is 1.66 bits per heavy atom. The minimum absolute atomic E-state index is 0.256. The number of anilines is 1.